The highest BCUT2D eigenvalue weighted by molar-refractivity contribution is 5.69. The Kier molecular flexibility index (Phi) is 17.0. The fraction of sp³-hybridized carbons (Fsp3) is 0.549. The molecule has 12 heteroatoms. The molecule has 340 valence electrons. The van der Waals surface area contributed by atoms with E-state index in [9.17, 15) is 4.79 Å². The molecule has 4 saturated heterocycles. The molecule has 0 aliphatic carbocycles. The quantitative estimate of drug-likeness (QED) is 0.116. The van der Waals surface area contributed by atoms with Gasteiger partial charge >= 0.3 is 6.09 Å². The number of hydrogen-bond donors (Lipinski definition) is 1. The van der Waals surface area contributed by atoms with Crippen LogP contribution < -0.4 is 34.1 Å². The average molecular weight is 863 g/mol. The molecule has 1 amide bonds. The second-order valence-corrected chi connectivity index (χ2v) is 18.4. The summed E-state index contributed by atoms with van der Waals surface area (Å²) < 4.78 is 29.4. The van der Waals surface area contributed by atoms with E-state index in [0.29, 0.717) is 25.1 Å². The monoisotopic (exact) mass is 863 g/mol. The first kappa shape index (κ1) is 45.8. The van der Waals surface area contributed by atoms with Gasteiger partial charge in [-0.1, -0.05) is 36.4 Å². The molecule has 4 aliphatic heterocycles. The number of likely N-dealkylation sites (tertiary alicyclic amines) is 1. The summed E-state index contributed by atoms with van der Waals surface area (Å²) in [5.74, 6) is 4.96. The summed E-state index contributed by atoms with van der Waals surface area (Å²) in [5, 5.41) is 3.47. The molecule has 4 fully saturated rings. The van der Waals surface area contributed by atoms with E-state index < -0.39 is 5.60 Å². The minimum absolute atomic E-state index is 0.0300. The van der Waals surface area contributed by atoms with Crippen molar-refractivity contribution < 1.29 is 28.5 Å². The Balaban J connectivity index is 0.000000193. The van der Waals surface area contributed by atoms with E-state index in [4.69, 9.17) is 23.7 Å². The zero-order valence-corrected chi connectivity index (χ0v) is 37.9. The predicted octanol–water partition coefficient (Wildman–Crippen LogP) is 9.44. The van der Waals surface area contributed by atoms with E-state index in [1.807, 2.05) is 100 Å². The first-order valence-corrected chi connectivity index (χ1v) is 23.5. The fourth-order valence-electron chi connectivity index (χ4n) is 8.86. The third-order valence-electron chi connectivity index (χ3n) is 12.5. The van der Waals surface area contributed by atoms with Crippen LogP contribution in [0.4, 0.5) is 16.2 Å². The van der Waals surface area contributed by atoms with Crippen molar-refractivity contribution in [2.45, 2.75) is 103 Å². The molecule has 2 aromatic heterocycles. The SMILES string of the molecule is CC(C)(C)OC(=O)N1CCC[C@H]1COc1cncc(N2CCC(CCOc3ccccc3)CC2)c1.c1ccc(OCCC2CCN(c3cncc(OC[C@@H]4CCCN4)c3)CC2)cc1. The summed E-state index contributed by atoms with van der Waals surface area (Å²) in [7, 11) is 0. The van der Waals surface area contributed by atoms with Gasteiger partial charge in [0.2, 0.25) is 0 Å². The van der Waals surface area contributed by atoms with Crippen LogP contribution in [0.25, 0.3) is 0 Å². The number of carbonyl (C=O) groups is 1. The highest BCUT2D eigenvalue weighted by atomic mass is 16.6. The molecule has 2 aromatic carbocycles. The topological polar surface area (TPSA) is 111 Å². The highest BCUT2D eigenvalue weighted by Gasteiger charge is 2.33. The number of aromatic nitrogens is 2. The third kappa shape index (κ3) is 14.9. The Morgan fingerprint density at radius 2 is 1.14 bits per heavy atom. The van der Waals surface area contributed by atoms with E-state index in [1.165, 1.54) is 31.4 Å². The molecule has 0 unspecified atom stereocenters. The molecule has 0 bridgehead atoms. The number of anilines is 2. The first-order valence-electron chi connectivity index (χ1n) is 23.5. The van der Waals surface area contributed by atoms with Gasteiger partial charge in [0.05, 0.1) is 55.4 Å². The Hall–Kier alpha value is -5.23. The van der Waals surface area contributed by atoms with Crippen molar-refractivity contribution in [1.29, 1.82) is 0 Å². The lowest BCUT2D eigenvalue weighted by Gasteiger charge is -2.33. The van der Waals surface area contributed by atoms with Crippen molar-refractivity contribution in [3.63, 3.8) is 0 Å². The molecule has 6 heterocycles. The van der Waals surface area contributed by atoms with Crippen molar-refractivity contribution in [3.05, 3.63) is 97.6 Å². The van der Waals surface area contributed by atoms with Gasteiger partial charge in [0.15, 0.2) is 0 Å². The molecule has 1 N–H and O–H groups in total. The van der Waals surface area contributed by atoms with E-state index >= 15 is 0 Å². The van der Waals surface area contributed by atoms with Gasteiger partial charge in [-0.25, -0.2) is 4.79 Å². The smallest absolute Gasteiger partial charge is 0.410 e. The van der Waals surface area contributed by atoms with Crippen LogP contribution in [0, 0.1) is 11.8 Å². The molecule has 4 aliphatic rings. The van der Waals surface area contributed by atoms with Gasteiger partial charge in [-0.05, 0) is 128 Å². The number of pyridine rings is 2. The molecule has 4 aromatic rings. The Morgan fingerprint density at radius 1 is 0.619 bits per heavy atom. The maximum absolute atomic E-state index is 12.5. The van der Waals surface area contributed by atoms with E-state index in [2.05, 4.69) is 37.2 Å². The lowest BCUT2D eigenvalue weighted by molar-refractivity contribution is 0.0187. The predicted molar refractivity (Wildman–Crippen MR) is 249 cm³/mol. The van der Waals surface area contributed by atoms with Crippen molar-refractivity contribution in [2.24, 2.45) is 11.8 Å². The van der Waals surface area contributed by atoms with Gasteiger partial charge in [-0.3, -0.25) is 9.97 Å². The molecule has 8 rings (SSSR count). The zero-order valence-electron chi connectivity index (χ0n) is 37.9. The van der Waals surface area contributed by atoms with Gasteiger partial charge in [-0.15, -0.1) is 0 Å². The van der Waals surface area contributed by atoms with E-state index in [-0.39, 0.29) is 12.1 Å². The van der Waals surface area contributed by atoms with Gasteiger partial charge in [-0.2, -0.15) is 0 Å². The fourth-order valence-corrected chi connectivity index (χ4v) is 8.86. The summed E-state index contributed by atoms with van der Waals surface area (Å²) in [6, 6.07) is 24.8. The normalized spacial score (nSPS) is 19.6. The van der Waals surface area contributed by atoms with E-state index in [0.717, 1.165) is 126 Å². The number of benzene rings is 2. The molecular weight excluding hydrogens is 793 g/mol. The van der Waals surface area contributed by atoms with Crippen LogP contribution in [0.15, 0.2) is 97.6 Å². The van der Waals surface area contributed by atoms with Crippen LogP contribution in [0.2, 0.25) is 0 Å². The molecule has 0 saturated carbocycles. The number of nitrogens with zero attached hydrogens (tertiary/aromatic N) is 5. The maximum Gasteiger partial charge on any atom is 0.410 e. The van der Waals surface area contributed by atoms with Gasteiger partial charge < -0.3 is 43.7 Å². The average Bonchev–Trinajstić information content (AvgIpc) is 4.02. The van der Waals surface area contributed by atoms with Crippen LogP contribution in [0.1, 0.15) is 85.0 Å². The van der Waals surface area contributed by atoms with Crippen LogP contribution >= 0.6 is 0 Å². The summed E-state index contributed by atoms with van der Waals surface area (Å²) in [4.78, 5) is 28.0. The second kappa shape index (κ2) is 23.5. The molecule has 0 radical (unpaired) electrons. The largest absolute Gasteiger partial charge is 0.494 e. The number of rotatable bonds is 16. The van der Waals surface area contributed by atoms with Gasteiger partial charge in [0.1, 0.15) is 41.8 Å². The Labute approximate surface area is 375 Å². The second-order valence-electron chi connectivity index (χ2n) is 18.4. The number of para-hydroxylation sites is 2. The van der Waals surface area contributed by atoms with Crippen LogP contribution in [0.5, 0.6) is 23.0 Å². The van der Waals surface area contributed by atoms with Crippen molar-refractivity contribution in [3.8, 4) is 23.0 Å². The Morgan fingerprint density at radius 3 is 1.63 bits per heavy atom. The summed E-state index contributed by atoms with van der Waals surface area (Å²) in [5.41, 5.74) is 1.78. The molecule has 12 nitrogen and oxygen atoms in total. The minimum atomic E-state index is -0.494. The van der Waals surface area contributed by atoms with Crippen LogP contribution in [-0.4, -0.2) is 104 Å². The molecular formula is C51H70N6O6. The number of hydrogen-bond acceptors (Lipinski definition) is 11. The molecule has 63 heavy (non-hydrogen) atoms. The first-order chi connectivity index (χ1) is 30.7. The summed E-state index contributed by atoms with van der Waals surface area (Å²) >= 11 is 0. The van der Waals surface area contributed by atoms with Crippen molar-refractivity contribution in [2.75, 3.05) is 75.5 Å². The standard InChI is InChI=1S/C28H39N3O4.C23H31N3O2/c1-28(2,3)35-27(32)31-14-7-8-23(31)21-34-26-18-24(19-29-20-26)30-15-11-22(12-16-30)13-17-33-25-9-5-4-6-10-25;1-2-6-22(7-3-1)27-14-10-19-8-12-26(13-9-19)21-15-23(17-24-16-21)28-18-20-5-4-11-25-20/h4-6,9-10,18-20,22-23H,7-8,11-17,21H2,1-3H3;1-3,6-7,15-17,19-20,25H,4-5,8-14,18H2/t23-;20-/m00/s1. The third-order valence-corrected chi connectivity index (χ3v) is 12.5. The summed E-state index contributed by atoms with van der Waals surface area (Å²) in [6.45, 7) is 14.4. The number of piperidine rings is 2. The van der Waals surface area contributed by atoms with Crippen molar-refractivity contribution in [1.82, 2.24) is 20.2 Å². The number of amides is 1. The number of nitrogens with one attached hydrogen (secondary N) is 1. The minimum Gasteiger partial charge on any atom is -0.494 e. The highest BCUT2D eigenvalue weighted by Crippen LogP contribution is 2.30. The zero-order chi connectivity index (χ0) is 43.7. The molecule has 2 atom stereocenters. The maximum atomic E-state index is 12.5. The van der Waals surface area contributed by atoms with Crippen LogP contribution in [-0.2, 0) is 4.74 Å². The number of carbonyl (C=O) groups excluding carboxylic acids is 1. The Bertz CT molecular complexity index is 1930. The summed E-state index contributed by atoms with van der Waals surface area (Å²) in [6.07, 6.45) is 18.4. The lowest BCUT2D eigenvalue weighted by Crippen LogP contribution is -2.42. The van der Waals surface area contributed by atoms with Gasteiger partial charge in [0, 0.05) is 50.9 Å². The molecule has 0 spiro atoms. The van der Waals surface area contributed by atoms with E-state index in [1.54, 1.807) is 11.1 Å². The number of ether oxygens (including phenoxy) is 5. The van der Waals surface area contributed by atoms with Crippen molar-refractivity contribution >= 4 is 17.5 Å². The van der Waals surface area contributed by atoms with Crippen LogP contribution in [0.3, 0.4) is 0 Å². The lowest BCUT2D eigenvalue weighted by atomic mass is 9.94. The van der Waals surface area contributed by atoms with Gasteiger partial charge in [0.25, 0.3) is 0 Å².